The molecule has 2 fully saturated rings. The van der Waals surface area contributed by atoms with Crippen LogP contribution in [0.15, 0.2) is 16.3 Å². The number of thiophene rings is 1. The van der Waals surface area contributed by atoms with Gasteiger partial charge in [0.15, 0.2) is 0 Å². The normalized spacial score (nSPS) is 25.3. The molecule has 2 unspecified atom stereocenters. The lowest BCUT2D eigenvalue weighted by Crippen LogP contribution is -2.49. The minimum atomic E-state index is -3.57. The quantitative estimate of drug-likeness (QED) is 0.821. The van der Waals surface area contributed by atoms with Crippen molar-refractivity contribution in [2.75, 3.05) is 19.6 Å². The molecule has 130 valence electrons. The van der Waals surface area contributed by atoms with Crippen molar-refractivity contribution in [2.24, 2.45) is 0 Å². The predicted octanol–water partition coefficient (Wildman–Crippen LogP) is 1.11. The molecule has 1 aromatic rings. The van der Waals surface area contributed by atoms with Gasteiger partial charge in [-0.25, -0.2) is 8.42 Å². The van der Waals surface area contributed by atoms with E-state index in [2.05, 4.69) is 10.6 Å². The van der Waals surface area contributed by atoms with E-state index in [1.54, 1.807) is 12.1 Å². The summed E-state index contributed by atoms with van der Waals surface area (Å²) in [5.74, 6) is -0.164. The SMILES string of the molecule is Cc1ccc(S(=O)(=O)N2CCCC2C(=O)NC2CCNC2)s1.Cl. The van der Waals surface area contributed by atoms with Crippen LogP contribution < -0.4 is 10.6 Å². The van der Waals surface area contributed by atoms with Crippen LogP contribution in [0.3, 0.4) is 0 Å². The second kappa shape index (κ2) is 7.48. The summed E-state index contributed by atoms with van der Waals surface area (Å²) in [5, 5.41) is 6.17. The molecule has 2 aliphatic heterocycles. The minimum Gasteiger partial charge on any atom is -0.351 e. The fraction of sp³-hybridized carbons (Fsp3) is 0.643. The Morgan fingerprint density at radius 1 is 1.39 bits per heavy atom. The van der Waals surface area contributed by atoms with Crippen LogP contribution in [0.25, 0.3) is 0 Å². The first-order chi connectivity index (χ1) is 10.5. The minimum absolute atomic E-state index is 0. The van der Waals surface area contributed by atoms with Crippen molar-refractivity contribution in [1.29, 1.82) is 0 Å². The molecule has 3 rings (SSSR count). The zero-order valence-corrected chi connectivity index (χ0v) is 15.4. The monoisotopic (exact) mass is 379 g/mol. The van der Waals surface area contributed by atoms with E-state index < -0.39 is 16.1 Å². The van der Waals surface area contributed by atoms with Gasteiger partial charge in [-0.2, -0.15) is 4.31 Å². The molecule has 6 nitrogen and oxygen atoms in total. The second-order valence-corrected chi connectivity index (χ2v) is 9.24. The van der Waals surface area contributed by atoms with Crippen LogP contribution in [-0.2, 0) is 14.8 Å². The number of hydrogen-bond donors (Lipinski definition) is 2. The molecule has 2 N–H and O–H groups in total. The van der Waals surface area contributed by atoms with Crippen molar-refractivity contribution in [1.82, 2.24) is 14.9 Å². The van der Waals surface area contributed by atoms with E-state index in [-0.39, 0.29) is 24.4 Å². The van der Waals surface area contributed by atoms with E-state index >= 15 is 0 Å². The highest BCUT2D eigenvalue weighted by Crippen LogP contribution is 2.30. The van der Waals surface area contributed by atoms with Gasteiger partial charge in [-0.15, -0.1) is 23.7 Å². The summed E-state index contributed by atoms with van der Waals surface area (Å²) >= 11 is 1.26. The number of carbonyl (C=O) groups is 1. The topological polar surface area (TPSA) is 78.5 Å². The third-order valence-electron chi connectivity index (χ3n) is 4.19. The lowest BCUT2D eigenvalue weighted by Gasteiger charge is -2.24. The lowest BCUT2D eigenvalue weighted by atomic mass is 10.2. The van der Waals surface area contributed by atoms with Gasteiger partial charge < -0.3 is 10.6 Å². The maximum atomic E-state index is 12.7. The molecule has 0 saturated carbocycles. The van der Waals surface area contributed by atoms with Crippen molar-refractivity contribution in [2.45, 2.75) is 42.5 Å². The van der Waals surface area contributed by atoms with E-state index in [0.29, 0.717) is 17.2 Å². The Labute approximate surface area is 147 Å². The Hall–Kier alpha value is -0.670. The van der Waals surface area contributed by atoms with Gasteiger partial charge in [0.2, 0.25) is 5.91 Å². The number of aryl methyl sites for hydroxylation is 1. The smallest absolute Gasteiger partial charge is 0.253 e. The van der Waals surface area contributed by atoms with Gasteiger partial charge in [-0.3, -0.25) is 4.79 Å². The molecule has 2 atom stereocenters. The number of carbonyl (C=O) groups excluding carboxylic acids is 1. The van der Waals surface area contributed by atoms with Gasteiger partial charge in [0.05, 0.1) is 0 Å². The molecule has 2 aliphatic rings. The molecular formula is C14H22ClN3O3S2. The molecule has 0 bridgehead atoms. The Morgan fingerprint density at radius 3 is 2.78 bits per heavy atom. The van der Waals surface area contributed by atoms with Crippen molar-refractivity contribution < 1.29 is 13.2 Å². The second-order valence-electron chi connectivity index (χ2n) is 5.84. The summed E-state index contributed by atoms with van der Waals surface area (Å²) in [4.78, 5) is 13.4. The Kier molecular flexibility index (Phi) is 6.07. The fourth-order valence-corrected chi connectivity index (χ4v) is 6.10. The van der Waals surface area contributed by atoms with E-state index in [1.165, 1.54) is 15.6 Å². The number of nitrogens with one attached hydrogen (secondary N) is 2. The third kappa shape index (κ3) is 3.88. The predicted molar refractivity (Wildman–Crippen MR) is 92.6 cm³/mol. The van der Waals surface area contributed by atoms with Crippen LogP contribution in [0.2, 0.25) is 0 Å². The highest BCUT2D eigenvalue weighted by molar-refractivity contribution is 7.91. The molecule has 3 heterocycles. The molecule has 23 heavy (non-hydrogen) atoms. The third-order valence-corrected chi connectivity index (χ3v) is 7.57. The first-order valence-corrected chi connectivity index (χ1v) is 9.83. The van der Waals surface area contributed by atoms with Crippen LogP contribution in [0.5, 0.6) is 0 Å². The first kappa shape index (κ1) is 18.7. The maximum Gasteiger partial charge on any atom is 0.253 e. The summed E-state index contributed by atoms with van der Waals surface area (Å²) in [7, 11) is -3.57. The van der Waals surface area contributed by atoms with Crippen molar-refractivity contribution in [3.05, 3.63) is 17.0 Å². The van der Waals surface area contributed by atoms with E-state index in [9.17, 15) is 13.2 Å². The number of hydrogen-bond acceptors (Lipinski definition) is 5. The number of halogens is 1. The van der Waals surface area contributed by atoms with Gasteiger partial charge in [-0.05, 0) is 44.9 Å². The molecule has 1 amide bonds. The molecular weight excluding hydrogens is 358 g/mol. The van der Waals surface area contributed by atoms with Crippen molar-refractivity contribution in [3.63, 3.8) is 0 Å². The van der Waals surface area contributed by atoms with Crippen molar-refractivity contribution in [3.8, 4) is 0 Å². The van der Waals surface area contributed by atoms with Crippen LogP contribution in [0.1, 0.15) is 24.1 Å². The Morgan fingerprint density at radius 2 is 2.17 bits per heavy atom. The van der Waals surface area contributed by atoms with E-state index in [1.807, 2.05) is 6.92 Å². The summed E-state index contributed by atoms with van der Waals surface area (Å²) in [6.45, 7) is 3.95. The molecule has 2 saturated heterocycles. The average molecular weight is 380 g/mol. The van der Waals surface area contributed by atoms with Gasteiger partial charge in [0.25, 0.3) is 10.0 Å². The summed E-state index contributed by atoms with van der Waals surface area (Å²) in [6, 6.07) is 2.96. The van der Waals surface area contributed by atoms with Crippen molar-refractivity contribution >= 4 is 39.7 Å². The molecule has 0 aliphatic carbocycles. The van der Waals surface area contributed by atoms with Crippen LogP contribution >= 0.6 is 23.7 Å². The highest BCUT2D eigenvalue weighted by Gasteiger charge is 2.40. The lowest BCUT2D eigenvalue weighted by molar-refractivity contribution is -0.124. The number of sulfonamides is 1. The molecule has 0 spiro atoms. The van der Waals surface area contributed by atoms with Crippen LogP contribution in [0.4, 0.5) is 0 Å². The van der Waals surface area contributed by atoms with Crippen LogP contribution in [0, 0.1) is 6.92 Å². The van der Waals surface area contributed by atoms with Gasteiger partial charge in [-0.1, -0.05) is 0 Å². The number of rotatable bonds is 4. The average Bonchev–Trinajstić information content (AvgIpc) is 3.18. The summed E-state index contributed by atoms with van der Waals surface area (Å²) < 4.78 is 27.2. The zero-order valence-electron chi connectivity index (χ0n) is 12.9. The number of nitrogens with zero attached hydrogens (tertiary/aromatic N) is 1. The largest absolute Gasteiger partial charge is 0.351 e. The Balaban J connectivity index is 0.00000192. The van der Waals surface area contributed by atoms with E-state index in [4.69, 9.17) is 0 Å². The molecule has 9 heteroatoms. The standard InChI is InChI=1S/C14H21N3O3S2.ClH/c1-10-4-5-13(21-10)22(19,20)17-8-2-3-12(17)14(18)16-11-6-7-15-9-11;/h4-5,11-12,15H,2-3,6-9H2,1H3,(H,16,18);1H. The molecule has 0 radical (unpaired) electrons. The maximum absolute atomic E-state index is 12.7. The van der Waals surface area contributed by atoms with Gasteiger partial charge >= 0.3 is 0 Å². The zero-order chi connectivity index (χ0) is 15.7. The first-order valence-electron chi connectivity index (χ1n) is 7.58. The van der Waals surface area contributed by atoms with E-state index in [0.717, 1.165) is 30.8 Å². The van der Waals surface area contributed by atoms with Gasteiger partial charge in [0, 0.05) is 24.0 Å². The highest BCUT2D eigenvalue weighted by atomic mass is 35.5. The van der Waals surface area contributed by atoms with Gasteiger partial charge in [0.1, 0.15) is 10.3 Å². The summed E-state index contributed by atoms with van der Waals surface area (Å²) in [6.07, 6.45) is 2.22. The fourth-order valence-electron chi connectivity index (χ4n) is 3.03. The number of amides is 1. The molecule has 1 aromatic heterocycles. The van der Waals surface area contributed by atoms with Crippen LogP contribution in [-0.4, -0.2) is 50.3 Å². The molecule has 0 aromatic carbocycles. The Bertz CT molecular complexity index is 656. The summed E-state index contributed by atoms with van der Waals surface area (Å²) in [5.41, 5.74) is 0.